The highest BCUT2D eigenvalue weighted by Crippen LogP contribution is 2.27. The molecule has 1 saturated heterocycles. The van der Waals surface area contributed by atoms with Crippen LogP contribution < -0.4 is 5.69 Å². The third kappa shape index (κ3) is 1.99. The highest BCUT2D eigenvalue weighted by Gasteiger charge is 2.34. The molecule has 0 radical (unpaired) electrons. The van der Waals surface area contributed by atoms with E-state index in [0.29, 0.717) is 0 Å². The molecule has 6 nitrogen and oxygen atoms in total. The zero-order valence-electron chi connectivity index (χ0n) is 8.91. The molecule has 16 heavy (non-hydrogen) atoms. The molecule has 2 N–H and O–H groups in total. The van der Waals surface area contributed by atoms with Crippen molar-refractivity contribution in [1.82, 2.24) is 9.55 Å². The lowest BCUT2D eigenvalue weighted by Crippen LogP contribution is -2.27. The van der Waals surface area contributed by atoms with Crippen molar-refractivity contribution in [3.05, 3.63) is 28.4 Å². The number of hydrogen-bond acceptors (Lipinski definition) is 5. The van der Waals surface area contributed by atoms with Gasteiger partial charge in [-0.25, -0.2) is 9.78 Å². The lowest BCUT2D eigenvalue weighted by atomic mass is 10.2. The van der Waals surface area contributed by atoms with Gasteiger partial charge < -0.3 is 14.9 Å². The topological polar surface area (TPSA) is 84.6 Å². The second-order valence-electron chi connectivity index (χ2n) is 3.94. The van der Waals surface area contributed by atoms with Gasteiger partial charge in [-0.3, -0.25) is 4.57 Å². The molecule has 3 atom stereocenters. The van der Waals surface area contributed by atoms with Gasteiger partial charge in [-0.15, -0.1) is 0 Å². The number of aromatic nitrogens is 2. The lowest BCUT2D eigenvalue weighted by Gasteiger charge is -2.14. The van der Waals surface area contributed by atoms with Gasteiger partial charge >= 0.3 is 5.69 Å². The Morgan fingerprint density at radius 2 is 2.44 bits per heavy atom. The van der Waals surface area contributed by atoms with Gasteiger partial charge in [0, 0.05) is 18.8 Å². The maximum atomic E-state index is 11.5. The van der Waals surface area contributed by atoms with Crippen LogP contribution in [0, 0.1) is 6.92 Å². The number of aryl methyl sites for hydroxylation is 1. The summed E-state index contributed by atoms with van der Waals surface area (Å²) in [5.74, 6) is 0. The van der Waals surface area contributed by atoms with Gasteiger partial charge in [-0.2, -0.15) is 0 Å². The first-order chi connectivity index (χ1) is 7.61. The molecule has 88 valence electrons. The molecular weight excluding hydrogens is 212 g/mol. The Morgan fingerprint density at radius 1 is 1.69 bits per heavy atom. The van der Waals surface area contributed by atoms with Crippen molar-refractivity contribution in [2.24, 2.45) is 0 Å². The average molecular weight is 226 g/mol. The first kappa shape index (κ1) is 11.3. The van der Waals surface area contributed by atoms with E-state index in [2.05, 4.69) is 4.98 Å². The molecule has 0 aliphatic carbocycles. The molecule has 0 bridgehead atoms. The van der Waals surface area contributed by atoms with Crippen LogP contribution in [0.15, 0.2) is 17.2 Å². The molecule has 2 heterocycles. The monoisotopic (exact) mass is 226 g/mol. The lowest BCUT2D eigenvalue weighted by molar-refractivity contribution is -0.0459. The van der Waals surface area contributed by atoms with Crippen LogP contribution >= 0.6 is 0 Å². The van der Waals surface area contributed by atoms with E-state index in [-0.39, 0.29) is 13.0 Å². The van der Waals surface area contributed by atoms with E-state index in [1.807, 2.05) is 6.92 Å². The van der Waals surface area contributed by atoms with Gasteiger partial charge in [0.15, 0.2) is 0 Å². The summed E-state index contributed by atoms with van der Waals surface area (Å²) in [5, 5.41) is 18.5. The van der Waals surface area contributed by atoms with Gasteiger partial charge in [-0.1, -0.05) is 0 Å². The van der Waals surface area contributed by atoms with E-state index in [0.717, 1.165) is 5.56 Å². The van der Waals surface area contributed by atoms with E-state index in [1.54, 1.807) is 6.20 Å². The van der Waals surface area contributed by atoms with E-state index < -0.39 is 24.1 Å². The quantitative estimate of drug-likeness (QED) is 0.689. The van der Waals surface area contributed by atoms with E-state index in [9.17, 15) is 9.90 Å². The van der Waals surface area contributed by atoms with Crippen molar-refractivity contribution in [3.63, 3.8) is 0 Å². The number of rotatable bonds is 2. The summed E-state index contributed by atoms with van der Waals surface area (Å²) in [5.41, 5.74) is 0.423. The van der Waals surface area contributed by atoms with Gasteiger partial charge in [0.2, 0.25) is 0 Å². The Kier molecular flexibility index (Phi) is 3.04. The van der Waals surface area contributed by atoms with Gasteiger partial charge in [-0.05, 0) is 12.5 Å². The molecule has 6 heteroatoms. The standard InChI is InChI=1S/C10H14N2O4/c1-6-3-11-10(15)12(4-6)9-2-7(14)8(5-13)16-9/h3-4,7-9,13-14H,2,5H2,1H3/t7-,8+,9+/m0/s1. The number of ether oxygens (including phenoxy) is 1. The number of hydrogen-bond donors (Lipinski definition) is 2. The van der Waals surface area contributed by atoms with Crippen LogP contribution in [0.25, 0.3) is 0 Å². The van der Waals surface area contributed by atoms with Crippen molar-refractivity contribution in [2.75, 3.05) is 6.61 Å². The molecule has 2 rings (SSSR count). The molecule has 0 spiro atoms. The Morgan fingerprint density at radius 3 is 3.06 bits per heavy atom. The highest BCUT2D eigenvalue weighted by molar-refractivity contribution is 5.01. The van der Waals surface area contributed by atoms with Crippen molar-refractivity contribution >= 4 is 0 Å². The fraction of sp³-hybridized carbons (Fsp3) is 0.600. The first-order valence-corrected chi connectivity index (χ1v) is 5.11. The largest absolute Gasteiger partial charge is 0.394 e. The first-order valence-electron chi connectivity index (χ1n) is 5.11. The molecule has 1 aromatic rings. The van der Waals surface area contributed by atoms with E-state index in [4.69, 9.17) is 9.84 Å². The Hall–Kier alpha value is -1.24. The molecule has 0 amide bonds. The predicted molar refractivity (Wildman–Crippen MR) is 54.9 cm³/mol. The molecule has 0 aromatic carbocycles. The molecule has 1 aromatic heterocycles. The van der Waals surface area contributed by atoms with Crippen molar-refractivity contribution in [2.45, 2.75) is 31.8 Å². The van der Waals surface area contributed by atoms with Crippen LogP contribution in [0.1, 0.15) is 18.2 Å². The Labute approximate surface area is 92.1 Å². The fourth-order valence-electron chi connectivity index (χ4n) is 1.79. The maximum absolute atomic E-state index is 11.5. The molecule has 0 unspecified atom stereocenters. The predicted octanol–water partition coefficient (Wildman–Crippen LogP) is -0.808. The van der Waals surface area contributed by atoms with Crippen LogP contribution in [0.2, 0.25) is 0 Å². The van der Waals surface area contributed by atoms with Crippen LogP contribution in [-0.4, -0.2) is 38.6 Å². The molecule has 1 aliphatic rings. The summed E-state index contributed by atoms with van der Waals surface area (Å²) in [6.07, 6.45) is 1.48. The van der Waals surface area contributed by atoms with Crippen molar-refractivity contribution in [1.29, 1.82) is 0 Å². The summed E-state index contributed by atoms with van der Waals surface area (Å²) >= 11 is 0. The minimum Gasteiger partial charge on any atom is -0.394 e. The van der Waals surface area contributed by atoms with Crippen molar-refractivity contribution < 1.29 is 14.9 Å². The third-order valence-electron chi connectivity index (χ3n) is 2.64. The van der Waals surface area contributed by atoms with Gasteiger partial charge in [0.05, 0.1) is 12.7 Å². The zero-order valence-corrected chi connectivity index (χ0v) is 8.91. The summed E-state index contributed by atoms with van der Waals surface area (Å²) < 4.78 is 6.71. The van der Waals surface area contributed by atoms with Gasteiger partial charge in [0.1, 0.15) is 12.3 Å². The zero-order chi connectivity index (χ0) is 11.7. The van der Waals surface area contributed by atoms with Crippen LogP contribution in [0.5, 0.6) is 0 Å². The fourth-order valence-corrected chi connectivity index (χ4v) is 1.79. The smallest absolute Gasteiger partial charge is 0.349 e. The summed E-state index contributed by atoms with van der Waals surface area (Å²) in [7, 11) is 0. The van der Waals surface area contributed by atoms with E-state index >= 15 is 0 Å². The molecule has 0 saturated carbocycles. The average Bonchev–Trinajstić information content (AvgIpc) is 2.63. The second-order valence-corrected chi connectivity index (χ2v) is 3.94. The summed E-state index contributed by atoms with van der Waals surface area (Å²) in [6, 6.07) is 0. The van der Waals surface area contributed by atoms with E-state index in [1.165, 1.54) is 10.8 Å². The molecule has 1 fully saturated rings. The number of aliphatic hydroxyl groups excluding tert-OH is 2. The summed E-state index contributed by atoms with van der Waals surface area (Å²) in [4.78, 5) is 15.2. The highest BCUT2D eigenvalue weighted by atomic mass is 16.5. The van der Waals surface area contributed by atoms with Crippen LogP contribution in [0.4, 0.5) is 0 Å². The van der Waals surface area contributed by atoms with Gasteiger partial charge in [0.25, 0.3) is 0 Å². The number of aliphatic hydroxyl groups is 2. The van der Waals surface area contributed by atoms with Crippen LogP contribution in [0.3, 0.4) is 0 Å². The second kappa shape index (κ2) is 4.32. The maximum Gasteiger partial charge on any atom is 0.349 e. The SMILES string of the molecule is Cc1cnc(=O)n([C@H]2C[C@H](O)[C@@H](CO)O2)c1. The minimum atomic E-state index is -0.748. The minimum absolute atomic E-state index is 0.258. The number of nitrogens with zero attached hydrogens (tertiary/aromatic N) is 2. The molecular formula is C10H14N2O4. The van der Waals surface area contributed by atoms with Crippen molar-refractivity contribution in [3.8, 4) is 0 Å². The third-order valence-corrected chi connectivity index (χ3v) is 2.64. The summed E-state index contributed by atoms with van der Waals surface area (Å²) in [6.45, 7) is 1.56. The Balaban J connectivity index is 2.26. The Bertz CT molecular complexity index is 431. The normalized spacial score (nSPS) is 29.6. The molecule has 1 aliphatic heterocycles. The van der Waals surface area contributed by atoms with Crippen LogP contribution in [-0.2, 0) is 4.74 Å².